The van der Waals surface area contributed by atoms with Crippen molar-refractivity contribution in [2.75, 3.05) is 0 Å². The summed E-state index contributed by atoms with van der Waals surface area (Å²) in [5, 5.41) is 12.4. The van der Waals surface area contributed by atoms with Crippen LogP contribution in [0.3, 0.4) is 0 Å². The molecule has 5 aromatic rings. The SMILES string of the molecule is CC(C)c1cc(=O)c2c(OCc3ccccc3CO)cc(OCc3ccc4ccccc4c3)cc2o1. The van der Waals surface area contributed by atoms with E-state index in [1.54, 1.807) is 12.1 Å². The molecular formula is C31H28O5. The predicted molar refractivity (Wildman–Crippen MR) is 142 cm³/mol. The zero-order valence-electron chi connectivity index (χ0n) is 20.4. The lowest BCUT2D eigenvalue weighted by atomic mass is 10.1. The summed E-state index contributed by atoms with van der Waals surface area (Å²) in [5.74, 6) is 1.60. The molecular weight excluding hydrogens is 452 g/mol. The van der Waals surface area contributed by atoms with Crippen molar-refractivity contribution in [3.8, 4) is 11.5 Å². The maximum absolute atomic E-state index is 13.1. The van der Waals surface area contributed by atoms with Gasteiger partial charge in [0.1, 0.15) is 41.4 Å². The normalized spacial score (nSPS) is 11.3. The molecule has 36 heavy (non-hydrogen) atoms. The Kier molecular flexibility index (Phi) is 6.74. The molecule has 0 aliphatic heterocycles. The minimum atomic E-state index is -0.161. The van der Waals surface area contributed by atoms with Crippen molar-refractivity contribution in [1.82, 2.24) is 0 Å². The van der Waals surface area contributed by atoms with Crippen molar-refractivity contribution in [2.24, 2.45) is 0 Å². The van der Waals surface area contributed by atoms with Gasteiger partial charge in [0.25, 0.3) is 0 Å². The van der Waals surface area contributed by atoms with Crippen LogP contribution in [-0.2, 0) is 19.8 Å². The molecule has 0 saturated heterocycles. The summed E-state index contributed by atoms with van der Waals surface area (Å²) in [5.41, 5.74) is 2.92. The number of fused-ring (bicyclic) bond motifs is 2. The highest BCUT2D eigenvalue weighted by atomic mass is 16.5. The van der Waals surface area contributed by atoms with Crippen LogP contribution < -0.4 is 14.9 Å². The van der Waals surface area contributed by atoms with E-state index in [1.807, 2.05) is 56.3 Å². The van der Waals surface area contributed by atoms with E-state index in [0.717, 1.165) is 22.1 Å². The predicted octanol–water partition coefficient (Wildman–Crippen LogP) is 6.72. The lowest BCUT2D eigenvalue weighted by molar-refractivity contribution is 0.268. The van der Waals surface area contributed by atoms with E-state index in [9.17, 15) is 9.90 Å². The largest absolute Gasteiger partial charge is 0.489 e. The highest BCUT2D eigenvalue weighted by Crippen LogP contribution is 2.32. The van der Waals surface area contributed by atoms with Crippen LogP contribution >= 0.6 is 0 Å². The van der Waals surface area contributed by atoms with Gasteiger partial charge in [0.2, 0.25) is 0 Å². The molecule has 0 aliphatic rings. The Bertz CT molecular complexity index is 1580. The van der Waals surface area contributed by atoms with Crippen molar-refractivity contribution < 1.29 is 19.0 Å². The van der Waals surface area contributed by atoms with E-state index in [-0.39, 0.29) is 24.6 Å². The average Bonchev–Trinajstić information content (AvgIpc) is 2.90. The quantitative estimate of drug-likeness (QED) is 0.267. The fourth-order valence-electron chi connectivity index (χ4n) is 4.23. The maximum Gasteiger partial charge on any atom is 0.196 e. The lowest BCUT2D eigenvalue weighted by Crippen LogP contribution is -2.08. The Morgan fingerprint density at radius 2 is 1.56 bits per heavy atom. The van der Waals surface area contributed by atoms with E-state index >= 15 is 0 Å². The van der Waals surface area contributed by atoms with Crippen LogP contribution in [-0.4, -0.2) is 5.11 Å². The number of benzene rings is 4. The van der Waals surface area contributed by atoms with Gasteiger partial charge in [-0.2, -0.15) is 0 Å². The number of hydrogen-bond donors (Lipinski definition) is 1. The van der Waals surface area contributed by atoms with Gasteiger partial charge in [0.05, 0.1) is 6.61 Å². The zero-order chi connectivity index (χ0) is 25.1. The fraction of sp³-hybridized carbons (Fsp3) is 0.194. The molecule has 1 heterocycles. The van der Waals surface area contributed by atoms with Gasteiger partial charge < -0.3 is 19.0 Å². The molecule has 0 bridgehead atoms. The standard InChI is InChI=1S/C31H28O5/c1-20(2)28-16-27(33)31-29(35-19-25-10-6-5-9-24(25)17-32)14-26(15-30(31)36-28)34-18-21-11-12-22-7-3-4-8-23(22)13-21/h3-16,20,32H,17-19H2,1-2H3. The molecule has 0 aliphatic carbocycles. The van der Waals surface area contributed by atoms with Crippen LogP contribution in [0.15, 0.2) is 94.1 Å². The number of ether oxygens (including phenoxy) is 2. The highest BCUT2D eigenvalue weighted by Gasteiger charge is 2.16. The van der Waals surface area contributed by atoms with Gasteiger partial charge in [0.15, 0.2) is 5.43 Å². The Hall–Kier alpha value is -4.09. The van der Waals surface area contributed by atoms with E-state index in [2.05, 4.69) is 24.3 Å². The zero-order valence-corrected chi connectivity index (χ0v) is 20.4. The molecule has 5 heteroatoms. The van der Waals surface area contributed by atoms with E-state index in [0.29, 0.717) is 34.8 Å². The van der Waals surface area contributed by atoms with Gasteiger partial charge in [-0.3, -0.25) is 4.79 Å². The van der Waals surface area contributed by atoms with Gasteiger partial charge >= 0.3 is 0 Å². The Labute approximate surface area is 209 Å². The number of aliphatic hydroxyl groups is 1. The van der Waals surface area contributed by atoms with Gasteiger partial charge in [-0.05, 0) is 33.5 Å². The summed E-state index contributed by atoms with van der Waals surface area (Å²) < 4.78 is 18.4. The maximum atomic E-state index is 13.1. The van der Waals surface area contributed by atoms with Crippen LogP contribution in [0.4, 0.5) is 0 Å². The molecule has 182 valence electrons. The van der Waals surface area contributed by atoms with Crippen molar-refractivity contribution in [3.05, 3.63) is 118 Å². The monoisotopic (exact) mass is 480 g/mol. The molecule has 1 aromatic heterocycles. The minimum absolute atomic E-state index is 0.0603. The molecule has 0 atom stereocenters. The number of aliphatic hydroxyl groups excluding tert-OH is 1. The van der Waals surface area contributed by atoms with E-state index in [1.165, 1.54) is 11.5 Å². The first-order valence-corrected chi connectivity index (χ1v) is 12.0. The number of hydrogen-bond acceptors (Lipinski definition) is 5. The fourth-order valence-corrected chi connectivity index (χ4v) is 4.23. The second-order valence-electron chi connectivity index (χ2n) is 9.15. The first kappa shape index (κ1) is 23.6. The van der Waals surface area contributed by atoms with Gasteiger partial charge in [-0.25, -0.2) is 0 Å². The molecule has 0 amide bonds. The van der Waals surface area contributed by atoms with Crippen LogP contribution in [0.2, 0.25) is 0 Å². The van der Waals surface area contributed by atoms with Crippen LogP contribution in [0.25, 0.3) is 21.7 Å². The van der Waals surface area contributed by atoms with E-state index in [4.69, 9.17) is 13.9 Å². The van der Waals surface area contributed by atoms with Crippen molar-refractivity contribution in [3.63, 3.8) is 0 Å². The first-order chi connectivity index (χ1) is 17.5. The molecule has 4 aromatic carbocycles. The van der Waals surface area contributed by atoms with Gasteiger partial charge in [-0.1, -0.05) is 74.5 Å². The van der Waals surface area contributed by atoms with Gasteiger partial charge in [0, 0.05) is 24.1 Å². The van der Waals surface area contributed by atoms with Crippen LogP contribution in [0, 0.1) is 0 Å². The highest BCUT2D eigenvalue weighted by molar-refractivity contribution is 5.85. The molecule has 5 rings (SSSR count). The second-order valence-corrected chi connectivity index (χ2v) is 9.15. The summed E-state index contributed by atoms with van der Waals surface area (Å²) in [6, 6.07) is 26.9. The van der Waals surface area contributed by atoms with Gasteiger partial charge in [-0.15, -0.1) is 0 Å². The summed E-state index contributed by atoms with van der Waals surface area (Å²) in [6.45, 7) is 4.43. The molecule has 5 nitrogen and oxygen atoms in total. The van der Waals surface area contributed by atoms with Crippen molar-refractivity contribution in [1.29, 1.82) is 0 Å². The summed E-state index contributed by atoms with van der Waals surface area (Å²) in [4.78, 5) is 13.1. The molecule has 0 spiro atoms. The first-order valence-electron chi connectivity index (χ1n) is 12.0. The topological polar surface area (TPSA) is 68.9 Å². The van der Waals surface area contributed by atoms with Crippen molar-refractivity contribution >= 4 is 21.7 Å². The van der Waals surface area contributed by atoms with Crippen LogP contribution in [0.1, 0.15) is 42.2 Å². The third-order valence-corrected chi connectivity index (χ3v) is 6.25. The molecule has 0 unspecified atom stereocenters. The average molecular weight is 481 g/mol. The Morgan fingerprint density at radius 3 is 2.33 bits per heavy atom. The number of rotatable bonds is 8. The molecule has 0 saturated carbocycles. The third-order valence-electron chi connectivity index (χ3n) is 6.25. The minimum Gasteiger partial charge on any atom is -0.489 e. The third kappa shape index (κ3) is 4.97. The van der Waals surface area contributed by atoms with Crippen LogP contribution in [0.5, 0.6) is 11.5 Å². The molecule has 0 fully saturated rings. The lowest BCUT2D eigenvalue weighted by Gasteiger charge is -2.15. The smallest absolute Gasteiger partial charge is 0.196 e. The second kappa shape index (κ2) is 10.3. The Balaban J connectivity index is 1.49. The van der Waals surface area contributed by atoms with E-state index < -0.39 is 0 Å². The molecule has 0 radical (unpaired) electrons. The summed E-state index contributed by atoms with van der Waals surface area (Å²) in [6.07, 6.45) is 0. The molecule has 1 N–H and O–H groups in total. The summed E-state index contributed by atoms with van der Waals surface area (Å²) in [7, 11) is 0. The van der Waals surface area contributed by atoms with Crippen molar-refractivity contribution in [2.45, 2.75) is 39.6 Å². The Morgan fingerprint density at radius 1 is 0.806 bits per heavy atom. The summed E-state index contributed by atoms with van der Waals surface area (Å²) >= 11 is 0.